The van der Waals surface area contributed by atoms with Gasteiger partial charge in [-0.2, -0.15) is 0 Å². The first kappa shape index (κ1) is 15.4. The monoisotopic (exact) mass is 290 g/mol. The highest BCUT2D eigenvalue weighted by molar-refractivity contribution is 5.89. The van der Waals surface area contributed by atoms with Crippen LogP contribution in [0.4, 0.5) is 10.5 Å². The standard InChI is InChI=1S/C16H22N2O3/c1-11-2-8-14(9-3-11)18-16(21)17-10-12-4-6-13(7-5-12)15(19)20/h2-3,8-9,12-13H,4-7,10H2,1H3,(H,19,20)(H2,17,18,21). The molecule has 0 spiro atoms. The van der Waals surface area contributed by atoms with Gasteiger partial charge in [0.1, 0.15) is 0 Å². The van der Waals surface area contributed by atoms with Crippen molar-refractivity contribution in [1.82, 2.24) is 5.32 Å². The summed E-state index contributed by atoms with van der Waals surface area (Å²) < 4.78 is 0. The van der Waals surface area contributed by atoms with E-state index in [-0.39, 0.29) is 11.9 Å². The lowest BCUT2D eigenvalue weighted by Gasteiger charge is -2.26. The van der Waals surface area contributed by atoms with Crippen molar-refractivity contribution in [2.45, 2.75) is 32.6 Å². The molecule has 1 saturated carbocycles. The lowest BCUT2D eigenvalue weighted by molar-refractivity contribution is -0.143. The molecule has 0 atom stereocenters. The Morgan fingerprint density at radius 1 is 1.14 bits per heavy atom. The average Bonchev–Trinajstić information content (AvgIpc) is 2.48. The third-order valence-electron chi connectivity index (χ3n) is 4.06. The fourth-order valence-electron chi connectivity index (χ4n) is 2.66. The van der Waals surface area contributed by atoms with Crippen molar-refractivity contribution in [2.75, 3.05) is 11.9 Å². The van der Waals surface area contributed by atoms with Crippen molar-refractivity contribution < 1.29 is 14.7 Å². The van der Waals surface area contributed by atoms with Gasteiger partial charge >= 0.3 is 12.0 Å². The molecule has 1 aliphatic carbocycles. The zero-order chi connectivity index (χ0) is 15.2. The van der Waals surface area contributed by atoms with Gasteiger partial charge in [0.2, 0.25) is 0 Å². The third-order valence-corrected chi connectivity index (χ3v) is 4.06. The lowest BCUT2D eigenvalue weighted by atomic mass is 9.82. The molecule has 5 heteroatoms. The lowest BCUT2D eigenvalue weighted by Crippen LogP contribution is -2.35. The second kappa shape index (κ2) is 7.11. The van der Waals surface area contributed by atoms with Gasteiger partial charge in [0.25, 0.3) is 0 Å². The fourth-order valence-corrected chi connectivity index (χ4v) is 2.66. The number of amides is 2. The first-order chi connectivity index (χ1) is 10.0. The molecular formula is C16H22N2O3. The molecule has 1 aromatic carbocycles. The minimum absolute atomic E-state index is 0.206. The number of aryl methyl sites for hydroxylation is 1. The van der Waals surface area contributed by atoms with Gasteiger partial charge in [-0.3, -0.25) is 4.79 Å². The number of carbonyl (C=O) groups excluding carboxylic acids is 1. The van der Waals surface area contributed by atoms with Crippen molar-refractivity contribution in [2.24, 2.45) is 11.8 Å². The maximum atomic E-state index is 11.8. The molecule has 1 aliphatic rings. The summed E-state index contributed by atoms with van der Waals surface area (Å²) in [5, 5.41) is 14.6. The Morgan fingerprint density at radius 2 is 1.76 bits per heavy atom. The Hall–Kier alpha value is -2.04. The molecule has 5 nitrogen and oxygen atoms in total. The van der Waals surface area contributed by atoms with Crippen LogP contribution in [-0.2, 0) is 4.79 Å². The second-order valence-electron chi connectivity index (χ2n) is 5.76. The van der Waals surface area contributed by atoms with E-state index in [1.165, 1.54) is 0 Å². The van der Waals surface area contributed by atoms with Gasteiger partial charge in [-0.05, 0) is 50.7 Å². The van der Waals surface area contributed by atoms with Crippen LogP contribution in [-0.4, -0.2) is 23.7 Å². The minimum Gasteiger partial charge on any atom is -0.481 e. The summed E-state index contributed by atoms with van der Waals surface area (Å²) >= 11 is 0. The van der Waals surface area contributed by atoms with Gasteiger partial charge in [0.05, 0.1) is 5.92 Å². The molecule has 0 aromatic heterocycles. The normalized spacial score (nSPS) is 21.6. The highest BCUT2D eigenvalue weighted by Crippen LogP contribution is 2.28. The van der Waals surface area contributed by atoms with Crippen LogP contribution < -0.4 is 10.6 Å². The van der Waals surface area contributed by atoms with E-state index in [9.17, 15) is 9.59 Å². The predicted molar refractivity (Wildman–Crippen MR) is 81.3 cm³/mol. The summed E-state index contributed by atoms with van der Waals surface area (Å²) in [7, 11) is 0. The minimum atomic E-state index is -0.696. The molecule has 0 aliphatic heterocycles. The SMILES string of the molecule is Cc1ccc(NC(=O)NCC2CCC(C(=O)O)CC2)cc1. The Bertz CT molecular complexity index is 491. The van der Waals surface area contributed by atoms with Crippen LogP contribution in [0, 0.1) is 18.8 Å². The average molecular weight is 290 g/mol. The quantitative estimate of drug-likeness (QED) is 0.797. The highest BCUT2D eigenvalue weighted by atomic mass is 16.4. The van der Waals surface area contributed by atoms with Crippen LogP contribution >= 0.6 is 0 Å². The number of benzene rings is 1. The molecule has 114 valence electrons. The number of carboxylic acids is 1. The molecular weight excluding hydrogens is 268 g/mol. The number of rotatable bonds is 4. The number of urea groups is 1. The van der Waals surface area contributed by atoms with Crippen molar-refractivity contribution in [3.8, 4) is 0 Å². The van der Waals surface area contributed by atoms with Crippen LogP contribution in [0.2, 0.25) is 0 Å². The molecule has 0 unspecified atom stereocenters. The summed E-state index contributed by atoms with van der Waals surface area (Å²) in [6.07, 6.45) is 3.14. The van der Waals surface area contributed by atoms with E-state index in [4.69, 9.17) is 5.11 Å². The molecule has 1 fully saturated rings. The van der Waals surface area contributed by atoms with Crippen LogP contribution in [0.3, 0.4) is 0 Å². The van der Waals surface area contributed by atoms with Crippen molar-refractivity contribution in [3.63, 3.8) is 0 Å². The summed E-state index contributed by atoms with van der Waals surface area (Å²) in [5.74, 6) is -0.523. The van der Waals surface area contributed by atoms with Gasteiger partial charge in [0, 0.05) is 12.2 Å². The number of nitrogens with one attached hydrogen (secondary N) is 2. The van der Waals surface area contributed by atoms with E-state index in [1.54, 1.807) is 0 Å². The Balaban J connectivity index is 1.70. The predicted octanol–water partition coefficient (Wildman–Crippen LogP) is 3.01. The third kappa shape index (κ3) is 4.77. The van der Waals surface area contributed by atoms with E-state index in [0.29, 0.717) is 25.3 Å². The van der Waals surface area contributed by atoms with Crippen LogP contribution in [0.15, 0.2) is 24.3 Å². The number of hydrogen-bond acceptors (Lipinski definition) is 2. The molecule has 2 amide bonds. The van der Waals surface area contributed by atoms with E-state index in [2.05, 4.69) is 10.6 Å². The number of anilines is 1. The Labute approximate surface area is 124 Å². The van der Waals surface area contributed by atoms with Gasteiger partial charge in [-0.1, -0.05) is 17.7 Å². The van der Waals surface area contributed by atoms with Gasteiger partial charge in [-0.25, -0.2) is 4.79 Å². The van der Waals surface area contributed by atoms with Crippen LogP contribution in [0.1, 0.15) is 31.2 Å². The van der Waals surface area contributed by atoms with E-state index < -0.39 is 5.97 Å². The molecule has 3 N–H and O–H groups in total. The van der Waals surface area contributed by atoms with E-state index in [1.807, 2.05) is 31.2 Å². The molecule has 2 rings (SSSR count). The summed E-state index contributed by atoms with van der Waals surface area (Å²) in [6.45, 7) is 2.60. The highest BCUT2D eigenvalue weighted by Gasteiger charge is 2.25. The molecule has 0 heterocycles. The van der Waals surface area contributed by atoms with Crippen molar-refractivity contribution in [3.05, 3.63) is 29.8 Å². The first-order valence-electron chi connectivity index (χ1n) is 7.39. The van der Waals surface area contributed by atoms with E-state index in [0.717, 1.165) is 24.1 Å². The van der Waals surface area contributed by atoms with Gasteiger partial charge in [-0.15, -0.1) is 0 Å². The summed E-state index contributed by atoms with van der Waals surface area (Å²) in [4.78, 5) is 22.7. The smallest absolute Gasteiger partial charge is 0.319 e. The van der Waals surface area contributed by atoms with Gasteiger partial charge in [0.15, 0.2) is 0 Å². The maximum absolute atomic E-state index is 11.8. The maximum Gasteiger partial charge on any atom is 0.319 e. The van der Waals surface area contributed by atoms with Crippen LogP contribution in [0.25, 0.3) is 0 Å². The number of aliphatic carboxylic acids is 1. The largest absolute Gasteiger partial charge is 0.481 e. The number of hydrogen-bond donors (Lipinski definition) is 3. The molecule has 0 bridgehead atoms. The van der Waals surface area contributed by atoms with Crippen molar-refractivity contribution >= 4 is 17.7 Å². The zero-order valence-corrected chi connectivity index (χ0v) is 12.3. The number of carboxylic acid groups (broad SMARTS) is 1. The summed E-state index contributed by atoms with van der Waals surface area (Å²) in [6, 6.07) is 7.42. The van der Waals surface area contributed by atoms with Gasteiger partial charge < -0.3 is 15.7 Å². The Morgan fingerprint density at radius 3 is 2.33 bits per heavy atom. The Kier molecular flexibility index (Phi) is 5.20. The molecule has 1 aromatic rings. The molecule has 0 saturated heterocycles. The first-order valence-corrected chi connectivity index (χ1v) is 7.39. The summed E-state index contributed by atoms with van der Waals surface area (Å²) in [5.41, 5.74) is 1.92. The number of carbonyl (C=O) groups is 2. The topological polar surface area (TPSA) is 78.4 Å². The van der Waals surface area contributed by atoms with Crippen molar-refractivity contribution in [1.29, 1.82) is 0 Å². The van der Waals surface area contributed by atoms with Crippen LogP contribution in [0.5, 0.6) is 0 Å². The zero-order valence-electron chi connectivity index (χ0n) is 12.3. The molecule has 21 heavy (non-hydrogen) atoms. The van der Waals surface area contributed by atoms with E-state index >= 15 is 0 Å². The fraction of sp³-hybridized carbons (Fsp3) is 0.500. The second-order valence-corrected chi connectivity index (χ2v) is 5.76. The molecule has 0 radical (unpaired) electrons.